The Morgan fingerprint density at radius 1 is 1.24 bits per heavy atom. The quantitative estimate of drug-likeness (QED) is 0.405. The van der Waals surface area contributed by atoms with E-state index < -0.39 is 0 Å². The zero-order valence-electron chi connectivity index (χ0n) is 16.0. The van der Waals surface area contributed by atoms with Crippen molar-refractivity contribution in [1.82, 2.24) is 0 Å². The summed E-state index contributed by atoms with van der Waals surface area (Å²) in [5.41, 5.74) is 2.77. The molecule has 0 amide bonds. The SMILES string of the molecule is COC(=O)[C@H]1CO[C@H]2CC(C)=CCCC(C)=CCC[C@@]3(C)O[C@@H]3C[C@H]21. The molecule has 5 atom stereocenters. The number of allylic oxidation sites excluding steroid dienone is 3. The summed E-state index contributed by atoms with van der Waals surface area (Å²) >= 11 is 0. The lowest BCUT2D eigenvalue weighted by Crippen LogP contribution is -2.29. The average molecular weight is 348 g/mol. The molecule has 0 radical (unpaired) electrons. The molecule has 0 aromatic heterocycles. The van der Waals surface area contributed by atoms with Gasteiger partial charge in [0, 0.05) is 5.92 Å². The van der Waals surface area contributed by atoms with Crippen molar-refractivity contribution in [3.63, 3.8) is 0 Å². The van der Waals surface area contributed by atoms with E-state index >= 15 is 0 Å². The molecule has 2 aliphatic heterocycles. The molecule has 0 aromatic carbocycles. The van der Waals surface area contributed by atoms with Crippen LogP contribution in [0.15, 0.2) is 23.3 Å². The second-order valence-electron chi connectivity index (χ2n) is 8.20. The molecule has 0 aromatic rings. The lowest BCUT2D eigenvalue weighted by molar-refractivity contribution is -0.146. The van der Waals surface area contributed by atoms with Crippen molar-refractivity contribution in [3.05, 3.63) is 23.3 Å². The molecule has 4 heteroatoms. The summed E-state index contributed by atoms with van der Waals surface area (Å²) in [7, 11) is 1.47. The number of carbonyl (C=O) groups is 1. The number of epoxide rings is 1. The van der Waals surface area contributed by atoms with Gasteiger partial charge in [-0.2, -0.15) is 0 Å². The normalized spacial score (nSPS) is 39.4. The van der Waals surface area contributed by atoms with E-state index in [1.807, 2.05) is 0 Å². The van der Waals surface area contributed by atoms with Crippen molar-refractivity contribution in [2.24, 2.45) is 11.8 Å². The van der Waals surface area contributed by atoms with Crippen LogP contribution < -0.4 is 0 Å². The number of ether oxygens (including phenoxy) is 3. The molecule has 2 fully saturated rings. The first-order valence-corrected chi connectivity index (χ1v) is 9.61. The first kappa shape index (κ1) is 18.7. The Bertz CT molecular complexity index is 564. The summed E-state index contributed by atoms with van der Waals surface area (Å²) in [6.07, 6.45) is 11.1. The van der Waals surface area contributed by atoms with E-state index in [1.165, 1.54) is 18.3 Å². The van der Waals surface area contributed by atoms with Gasteiger partial charge in [0.2, 0.25) is 0 Å². The molecule has 3 aliphatic rings. The minimum absolute atomic E-state index is 0.0421. The summed E-state index contributed by atoms with van der Waals surface area (Å²) in [6, 6.07) is 0. The summed E-state index contributed by atoms with van der Waals surface area (Å²) < 4.78 is 17.1. The molecular weight excluding hydrogens is 316 g/mol. The molecule has 0 unspecified atom stereocenters. The van der Waals surface area contributed by atoms with E-state index in [0.29, 0.717) is 6.61 Å². The van der Waals surface area contributed by atoms with E-state index in [0.717, 1.165) is 38.5 Å². The molecule has 0 spiro atoms. The fourth-order valence-corrected chi connectivity index (χ4v) is 4.36. The monoisotopic (exact) mass is 348 g/mol. The van der Waals surface area contributed by atoms with Crippen LogP contribution in [0.4, 0.5) is 0 Å². The van der Waals surface area contributed by atoms with Crippen molar-refractivity contribution in [3.8, 4) is 0 Å². The number of carbonyl (C=O) groups excluding carboxylic acids is 1. The molecule has 2 saturated heterocycles. The van der Waals surface area contributed by atoms with Gasteiger partial charge in [-0.15, -0.1) is 0 Å². The number of fused-ring (bicyclic) bond motifs is 2. The summed E-state index contributed by atoms with van der Waals surface area (Å²) in [5, 5.41) is 0. The molecule has 140 valence electrons. The van der Waals surface area contributed by atoms with Crippen LogP contribution in [0.25, 0.3) is 0 Å². The maximum atomic E-state index is 12.2. The van der Waals surface area contributed by atoms with Gasteiger partial charge >= 0.3 is 5.97 Å². The Kier molecular flexibility index (Phi) is 5.69. The van der Waals surface area contributed by atoms with Crippen molar-refractivity contribution < 1.29 is 19.0 Å². The molecule has 4 nitrogen and oxygen atoms in total. The Hall–Kier alpha value is -1.13. The highest BCUT2D eigenvalue weighted by Crippen LogP contribution is 2.47. The van der Waals surface area contributed by atoms with Crippen LogP contribution in [0.5, 0.6) is 0 Å². The van der Waals surface area contributed by atoms with Gasteiger partial charge in [-0.05, 0) is 59.3 Å². The molecular formula is C21H32O4. The molecule has 2 heterocycles. The highest BCUT2D eigenvalue weighted by Gasteiger charge is 2.55. The van der Waals surface area contributed by atoms with Crippen LogP contribution in [-0.2, 0) is 19.0 Å². The van der Waals surface area contributed by atoms with Crippen molar-refractivity contribution in [1.29, 1.82) is 0 Å². The first-order valence-electron chi connectivity index (χ1n) is 9.61. The maximum Gasteiger partial charge on any atom is 0.311 e. The zero-order chi connectivity index (χ0) is 18.0. The van der Waals surface area contributed by atoms with Gasteiger partial charge in [-0.25, -0.2) is 0 Å². The maximum absolute atomic E-state index is 12.2. The van der Waals surface area contributed by atoms with E-state index in [-0.39, 0.29) is 35.6 Å². The smallest absolute Gasteiger partial charge is 0.311 e. The van der Waals surface area contributed by atoms with Crippen LogP contribution >= 0.6 is 0 Å². The first-order chi connectivity index (χ1) is 11.9. The number of rotatable bonds is 1. The fraction of sp³-hybridized carbons (Fsp3) is 0.762. The van der Waals surface area contributed by atoms with Gasteiger partial charge in [0.15, 0.2) is 0 Å². The van der Waals surface area contributed by atoms with E-state index in [1.54, 1.807) is 0 Å². The van der Waals surface area contributed by atoms with Gasteiger partial charge < -0.3 is 14.2 Å². The molecule has 3 rings (SSSR count). The van der Waals surface area contributed by atoms with Gasteiger partial charge in [0.1, 0.15) is 0 Å². The third-order valence-electron chi connectivity index (χ3n) is 6.20. The molecule has 0 saturated carbocycles. The number of hydrogen-bond acceptors (Lipinski definition) is 4. The highest BCUT2D eigenvalue weighted by atomic mass is 16.6. The second-order valence-corrected chi connectivity index (χ2v) is 8.20. The molecule has 25 heavy (non-hydrogen) atoms. The standard InChI is InChI=1S/C21H32O4/c1-14-7-5-8-15(2)11-18-16(17(13-24-18)20(22)23-4)12-19-21(3,25-19)10-6-9-14/h8-9,16-19H,5-7,10-13H2,1-4H3/t16-,17-,18-,19+,21+/m0/s1. The van der Waals surface area contributed by atoms with Crippen LogP contribution in [0.1, 0.15) is 59.3 Å². The second kappa shape index (κ2) is 7.63. The third kappa shape index (κ3) is 4.35. The van der Waals surface area contributed by atoms with Crippen LogP contribution in [0.3, 0.4) is 0 Å². The average Bonchev–Trinajstić information content (AvgIpc) is 3.03. The molecule has 1 aliphatic carbocycles. The Balaban J connectivity index is 1.78. The van der Waals surface area contributed by atoms with Gasteiger partial charge in [-0.1, -0.05) is 23.3 Å². The topological polar surface area (TPSA) is 48.1 Å². The Morgan fingerprint density at radius 3 is 2.76 bits per heavy atom. The summed E-state index contributed by atoms with van der Waals surface area (Å²) in [4.78, 5) is 12.2. The Labute approximate surface area is 151 Å². The number of methoxy groups -OCH3 is 1. The molecule has 0 bridgehead atoms. The van der Waals surface area contributed by atoms with E-state index in [4.69, 9.17) is 14.2 Å². The third-order valence-corrected chi connectivity index (χ3v) is 6.20. The van der Waals surface area contributed by atoms with Crippen molar-refractivity contribution in [2.45, 2.75) is 77.1 Å². The minimum Gasteiger partial charge on any atom is -0.469 e. The number of hydrogen-bond donors (Lipinski definition) is 0. The van der Waals surface area contributed by atoms with Gasteiger partial charge in [-0.3, -0.25) is 4.79 Å². The predicted octanol–water partition coefficient (Wildman–Crippen LogP) is 4.19. The summed E-state index contributed by atoms with van der Waals surface area (Å²) in [6.45, 7) is 7.07. The zero-order valence-corrected chi connectivity index (χ0v) is 16.0. The van der Waals surface area contributed by atoms with Crippen molar-refractivity contribution >= 4 is 5.97 Å². The van der Waals surface area contributed by atoms with Crippen LogP contribution in [-0.4, -0.2) is 37.5 Å². The van der Waals surface area contributed by atoms with E-state index in [2.05, 4.69) is 32.9 Å². The lowest BCUT2D eigenvalue weighted by atomic mass is 9.82. The molecule has 0 N–H and O–H groups in total. The van der Waals surface area contributed by atoms with Crippen LogP contribution in [0, 0.1) is 11.8 Å². The number of esters is 1. The predicted molar refractivity (Wildman–Crippen MR) is 97.2 cm³/mol. The highest BCUT2D eigenvalue weighted by molar-refractivity contribution is 5.73. The van der Waals surface area contributed by atoms with Gasteiger partial charge in [0.05, 0.1) is 37.4 Å². The lowest BCUT2D eigenvalue weighted by Gasteiger charge is -2.22. The van der Waals surface area contributed by atoms with E-state index in [9.17, 15) is 4.79 Å². The summed E-state index contributed by atoms with van der Waals surface area (Å²) in [5.74, 6) is -0.120. The largest absolute Gasteiger partial charge is 0.469 e. The van der Waals surface area contributed by atoms with Gasteiger partial charge in [0.25, 0.3) is 0 Å². The minimum atomic E-state index is -0.161. The van der Waals surface area contributed by atoms with Crippen molar-refractivity contribution in [2.75, 3.05) is 13.7 Å². The fourth-order valence-electron chi connectivity index (χ4n) is 4.36. The Morgan fingerprint density at radius 2 is 2.00 bits per heavy atom. The van der Waals surface area contributed by atoms with Crippen LogP contribution in [0.2, 0.25) is 0 Å².